The summed E-state index contributed by atoms with van der Waals surface area (Å²) in [5.41, 5.74) is 1.32. The van der Waals surface area contributed by atoms with E-state index in [-0.39, 0.29) is 15.0 Å². The van der Waals surface area contributed by atoms with Gasteiger partial charge in [0.15, 0.2) is 5.13 Å². The van der Waals surface area contributed by atoms with E-state index in [1.807, 2.05) is 0 Å². The summed E-state index contributed by atoms with van der Waals surface area (Å²) in [4.78, 5) is 16.6. The van der Waals surface area contributed by atoms with Crippen molar-refractivity contribution < 1.29 is 17.6 Å². The lowest BCUT2D eigenvalue weighted by Crippen LogP contribution is -2.16. The standard InChI is InChI=1S/C19H14ClFN4O3S2/c1-25-16-10-14(20)15(21)8-11(16)9-17(25)18(26)23-12-2-4-13(5-3-12)30(27,28)24-19-22-6-7-29-19/h2-10H,1H3,(H,22,24)(H,23,26). The number of nitrogens with one attached hydrogen (secondary N) is 2. The fourth-order valence-corrected chi connectivity index (χ4v) is 4.86. The summed E-state index contributed by atoms with van der Waals surface area (Å²) in [6, 6.07) is 9.99. The molecular formula is C19H14ClFN4O3S2. The number of aromatic nitrogens is 2. The van der Waals surface area contributed by atoms with E-state index >= 15 is 0 Å². The van der Waals surface area contributed by atoms with E-state index in [1.165, 1.54) is 53.9 Å². The molecule has 7 nitrogen and oxygen atoms in total. The highest BCUT2D eigenvalue weighted by Crippen LogP contribution is 2.26. The van der Waals surface area contributed by atoms with Crippen LogP contribution < -0.4 is 10.0 Å². The molecule has 0 aliphatic heterocycles. The van der Waals surface area contributed by atoms with E-state index in [2.05, 4.69) is 15.0 Å². The largest absolute Gasteiger partial charge is 0.340 e. The normalized spacial score (nSPS) is 11.6. The summed E-state index contributed by atoms with van der Waals surface area (Å²) in [6.45, 7) is 0. The number of fused-ring (bicyclic) bond motifs is 1. The van der Waals surface area contributed by atoms with Crippen LogP contribution in [-0.4, -0.2) is 23.9 Å². The number of hydrogen-bond acceptors (Lipinski definition) is 5. The van der Waals surface area contributed by atoms with Crippen LogP contribution in [0.3, 0.4) is 0 Å². The second-order valence-electron chi connectivity index (χ2n) is 6.33. The average molecular weight is 465 g/mol. The first-order valence-corrected chi connectivity index (χ1v) is 11.3. The maximum Gasteiger partial charge on any atom is 0.272 e. The molecule has 0 atom stereocenters. The fraction of sp³-hybridized carbons (Fsp3) is 0.0526. The van der Waals surface area contributed by atoms with E-state index in [0.29, 0.717) is 22.3 Å². The molecule has 2 N–H and O–H groups in total. The number of benzene rings is 2. The number of halogens is 2. The number of thiazole rings is 1. The molecule has 0 saturated heterocycles. The molecule has 0 radical (unpaired) electrons. The highest BCUT2D eigenvalue weighted by Gasteiger charge is 2.18. The van der Waals surface area contributed by atoms with E-state index in [4.69, 9.17) is 11.6 Å². The van der Waals surface area contributed by atoms with E-state index in [9.17, 15) is 17.6 Å². The SMILES string of the molecule is Cn1c(C(=O)Nc2ccc(S(=O)(=O)Nc3nccs3)cc2)cc2cc(F)c(Cl)cc21. The summed E-state index contributed by atoms with van der Waals surface area (Å²) < 4.78 is 42.4. The number of nitrogens with zero attached hydrogens (tertiary/aromatic N) is 2. The number of rotatable bonds is 5. The van der Waals surface area contributed by atoms with Gasteiger partial charge in [-0.3, -0.25) is 9.52 Å². The topological polar surface area (TPSA) is 93.1 Å². The average Bonchev–Trinajstić information content (AvgIpc) is 3.31. The minimum atomic E-state index is -3.78. The van der Waals surface area contributed by atoms with Crippen LogP contribution in [0, 0.1) is 5.82 Å². The van der Waals surface area contributed by atoms with Crippen molar-refractivity contribution in [2.45, 2.75) is 4.90 Å². The van der Waals surface area contributed by atoms with Gasteiger partial charge in [0.2, 0.25) is 0 Å². The molecule has 11 heteroatoms. The van der Waals surface area contributed by atoms with Crippen molar-refractivity contribution in [2.24, 2.45) is 7.05 Å². The van der Waals surface area contributed by atoms with Crippen LogP contribution in [0.1, 0.15) is 10.5 Å². The minimum absolute atomic E-state index is 0.0289. The van der Waals surface area contributed by atoms with Crippen molar-refractivity contribution in [1.82, 2.24) is 9.55 Å². The summed E-state index contributed by atoms with van der Waals surface area (Å²) >= 11 is 6.99. The van der Waals surface area contributed by atoms with Gasteiger partial charge < -0.3 is 9.88 Å². The molecule has 0 fully saturated rings. The van der Waals surface area contributed by atoms with Crippen molar-refractivity contribution in [1.29, 1.82) is 0 Å². The van der Waals surface area contributed by atoms with Crippen LogP contribution in [0.25, 0.3) is 10.9 Å². The zero-order chi connectivity index (χ0) is 21.5. The summed E-state index contributed by atoms with van der Waals surface area (Å²) in [5, 5.41) is 5.14. The van der Waals surface area contributed by atoms with Gasteiger partial charge in [-0.15, -0.1) is 11.3 Å². The first kappa shape index (κ1) is 20.3. The second-order valence-corrected chi connectivity index (χ2v) is 9.32. The predicted molar refractivity (Wildman–Crippen MR) is 115 cm³/mol. The molecule has 2 aromatic carbocycles. The first-order chi connectivity index (χ1) is 14.2. The lowest BCUT2D eigenvalue weighted by molar-refractivity contribution is 0.101. The van der Waals surface area contributed by atoms with Gasteiger partial charge >= 0.3 is 0 Å². The lowest BCUT2D eigenvalue weighted by atomic mass is 10.2. The van der Waals surface area contributed by atoms with Crippen molar-refractivity contribution in [3.63, 3.8) is 0 Å². The van der Waals surface area contributed by atoms with E-state index in [0.717, 1.165) is 0 Å². The minimum Gasteiger partial charge on any atom is -0.340 e. The number of anilines is 2. The Labute approximate surface area is 180 Å². The molecule has 2 heterocycles. The first-order valence-electron chi connectivity index (χ1n) is 8.53. The number of hydrogen-bond donors (Lipinski definition) is 2. The highest BCUT2D eigenvalue weighted by atomic mass is 35.5. The maximum atomic E-state index is 13.7. The molecule has 4 rings (SSSR count). The van der Waals surface area contributed by atoms with Crippen LogP contribution in [0.5, 0.6) is 0 Å². The molecule has 30 heavy (non-hydrogen) atoms. The number of aryl methyl sites for hydroxylation is 1. The number of amides is 1. The predicted octanol–water partition coefficient (Wildman–Crippen LogP) is 4.48. The van der Waals surface area contributed by atoms with Gasteiger partial charge in [0, 0.05) is 29.7 Å². The zero-order valence-electron chi connectivity index (χ0n) is 15.4. The number of sulfonamides is 1. The smallest absolute Gasteiger partial charge is 0.272 e. The zero-order valence-corrected chi connectivity index (χ0v) is 17.8. The van der Waals surface area contributed by atoms with Crippen LogP contribution in [0.4, 0.5) is 15.2 Å². The monoisotopic (exact) mass is 464 g/mol. The quantitative estimate of drug-likeness (QED) is 0.455. The number of carbonyl (C=O) groups is 1. The Hall–Kier alpha value is -2.95. The molecule has 0 aliphatic carbocycles. The molecule has 0 aliphatic rings. The van der Waals surface area contributed by atoms with Gasteiger partial charge in [-0.1, -0.05) is 11.6 Å². The maximum absolute atomic E-state index is 13.7. The second kappa shape index (κ2) is 7.71. The molecule has 2 aromatic heterocycles. The Morgan fingerprint density at radius 1 is 1.20 bits per heavy atom. The molecule has 0 saturated carbocycles. The molecule has 0 spiro atoms. The third-order valence-electron chi connectivity index (χ3n) is 4.39. The fourth-order valence-electron chi connectivity index (χ4n) is 2.91. The lowest BCUT2D eigenvalue weighted by Gasteiger charge is -2.09. The van der Waals surface area contributed by atoms with E-state index < -0.39 is 21.7 Å². The van der Waals surface area contributed by atoms with Gasteiger partial charge in [0.05, 0.1) is 15.4 Å². The summed E-state index contributed by atoms with van der Waals surface area (Å²) in [6.07, 6.45) is 1.50. The van der Waals surface area contributed by atoms with E-state index in [1.54, 1.807) is 23.1 Å². The Morgan fingerprint density at radius 3 is 2.60 bits per heavy atom. The molecule has 0 unspecified atom stereocenters. The molecule has 0 bridgehead atoms. The van der Waals surface area contributed by atoms with Crippen molar-refractivity contribution in [3.8, 4) is 0 Å². The van der Waals surface area contributed by atoms with Crippen LogP contribution in [0.2, 0.25) is 5.02 Å². The molecule has 1 amide bonds. The third-order valence-corrected chi connectivity index (χ3v) is 6.86. The molecule has 4 aromatic rings. The Bertz CT molecular complexity index is 1350. The van der Waals surface area contributed by atoms with Crippen molar-refractivity contribution >= 4 is 60.6 Å². The van der Waals surface area contributed by atoms with Gasteiger partial charge in [-0.05, 0) is 42.5 Å². The van der Waals surface area contributed by atoms with Gasteiger partial charge in [-0.2, -0.15) is 0 Å². The van der Waals surface area contributed by atoms with Crippen LogP contribution in [0.15, 0.2) is 58.9 Å². The van der Waals surface area contributed by atoms with Gasteiger partial charge in [-0.25, -0.2) is 17.8 Å². The molecule has 154 valence electrons. The Morgan fingerprint density at radius 2 is 1.93 bits per heavy atom. The number of carbonyl (C=O) groups excluding carboxylic acids is 1. The summed E-state index contributed by atoms with van der Waals surface area (Å²) in [7, 11) is -2.11. The van der Waals surface area contributed by atoms with Crippen molar-refractivity contribution in [2.75, 3.05) is 10.0 Å². The molecular weight excluding hydrogens is 451 g/mol. The Balaban J connectivity index is 1.54. The highest BCUT2D eigenvalue weighted by molar-refractivity contribution is 7.93. The third kappa shape index (κ3) is 3.89. The summed E-state index contributed by atoms with van der Waals surface area (Å²) in [5.74, 6) is -0.994. The van der Waals surface area contributed by atoms with Gasteiger partial charge in [0.25, 0.3) is 15.9 Å². The van der Waals surface area contributed by atoms with Crippen LogP contribution in [-0.2, 0) is 17.1 Å². The Kier molecular flexibility index (Phi) is 5.22. The van der Waals surface area contributed by atoms with Crippen LogP contribution >= 0.6 is 22.9 Å². The van der Waals surface area contributed by atoms with Gasteiger partial charge in [0.1, 0.15) is 11.5 Å². The van der Waals surface area contributed by atoms with Crippen molar-refractivity contribution in [3.05, 3.63) is 70.6 Å².